The summed E-state index contributed by atoms with van der Waals surface area (Å²) in [5, 5.41) is 81.3. The van der Waals surface area contributed by atoms with Gasteiger partial charge in [0, 0.05) is 0 Å². The number of pyridine rings is 4. The summed E-state index contributed by atoms with van der Waals surface area (Å²) in [4.78, 5) is 126. The topological polar surface area (TPSA) is 603 Å². The molecule has 4 heterocycles. The molecule has 4 aromatic heterocycles. The van der Waals surface area contributed by atoms with Gasteiger partial charge in [-0.05, 0) is 0 Å². The maximum Gasteiger partial charge on any atom is 0.339 e. The van der Waals surface area contributed by atoms with Crippen molar-refractivity contribution in [1.29, 1.82) is 0 Å². The third kappa shape index (κ3) is 13.9. The van der Waals surface area contributed by atoms with Crippen LogP contribution in [0.15, 0.2) is 68.8 Å². The second kappa shape index (κ2) is 23.3. The molecule has 0 saturated heterocycles. The first-order valence-corrected chi connectivity index (χ1v) is 12.1. The van der Waals surface area contributed by atoms with Crippen LogP contribution in [0.2, 0.25) is 0 Å². The zero-order valence-corrected chi connectivity index (χ0v) is 26.4. The summed E-state index contributed by atoms with van der Waals surface area (Å²) in [6, 6.07) is 0. The van der Waals surface area contributed by atoms with Gasteiger partial charge in [0.25, 0.3) is 0 Å². The van der Waals surface area contributed by atoms with Crippen molar-refractivity contribution in [3.8, 4) is 0 Å². The standard InChI is InChI=1S/4C5H3N3O5.4H2O/c4*9-5-3(7(10)11)1-6-2-4(5)8(12)13;;;;/h4*1-2H,(H,6,9);4*1H2. The van der Waals surface area contributed by atoms with E-state index in [1.807, 2.05) is 0 Å². The molecule has 0 aliphatic carbocycles. The molecular weight excluding hydrogens is 792 g/mol. The Morgan fingerprint density at radius 2 is 0.357 bits per heavy atom. The van der Waals surface area contributed by atoms with E-state index in [-0.39, 0.29) is 21.9 Å². The first kappa shape index (κ1) is 53.6. The Morgan fingerprint density at radius 1 is 0.268 bits per heavy atom. The van der Waals surface area contributed by atoms with Crippen molar-refractivity contribution in [3.63, 3.8) is 0 Å². The van der Waals surface area contributed by atoms with Crippen molar-refractivity contribution < 1.29 is 61.3 Å². The van der Waals surface area contributed by atoms with Gasteiger partial charge in [-0.15, -0.1) is 0 Å². The molecule has 0 spiro atoms. The normalized spacial score (nSPS) is 8.86. The van der Waals surface area contributed by atoms with Gasteiger partial charge in [0.2, 0.25) is 0 Å². The molecular formula is C20H20N12O24. The predicted molar refractivity (Wildman–Crippen MR) is 176 cm³/mol. The molecule has 0 bridgehead atoms. The van der Waals surface area contributed by atoms with E-state index in [0.717, 1.165) is 49.6 Å². The minimum Gasteiger partial charge on any atom is -0.412 e. The molecule has 0 aliphatic heterocycles. The number of nitro groups is 8. The van der Waals surface area contributed by atoms with Gasteiger partial charge in [0.05, 0.1) is 89.0 Å². The molecule has 304 valence electrons. The Hall–Kier alpha value is -9.16. The van der Waals surface area contributed by atoms with Gasteiger partial charge >= 0.3 is 67.2 Å². The smallest absolute Gasteiger partial charge is 0.339 e. The van der Waals surface area contributed by atoms with Crippen LogP contribution in [-0.4, -0.2) is 81.2 Å². The van der Waals surface area contributed by atoms with E-state index in [0.29, 0.717) is 0 Å². The first-order chi connectivity index (χ1) is 24.1. The Balaban J connectivity index is -0.000000314. The molecule has 0 unspecified atom stereocenters. The fraction of sp³-hybridized carbons (Fsp3) is 0. The van der Waals surface area contributed by atoms with Crippen LogP contribution in [-0.2, 0) is 0 Å². The van der Waals surface area contributed by atoms with Crippen LogP contribution in [0.3, 0.4) is 0 Å². The highest BCUT2D eigenvalue weighted by atomic mass is 16.7. The van der Waals surface area contributed by atoms with E-state index < -0.39 is 107 Å². The number of nitrogens with one attached hydrogen (secondary N) is 4. The molecule has 0 aromatic carbocycles. The van der Waals surface area contributed by atoms with E-state index in [4.69, 9.17) is 0 Å². The van der Waals surface area contributed by atoms with Crippen LogP contribution in [0.25, 0.3) is 0 Å². The molecule has 4 rings (SSSR count). The van der Waals surface area contributed by atoms with Crippen molar-refractivity contribution >= 4 is 45.5 Å². The molecule has 0 saturated carbocycles. The predicted octanol–water partition coefficient (Wildman–Crippen LogP) is -2.53. The van der Waals surface area contributed by atoms with Crippen LogP contribution < -0.4 is 21.7 Å². The molecule has 12 N–H and O–H groups in total. The van der Waals surface area contributed by atoms with Crippen molar-refractivity contribution in [3.05, 3.63) is 171 Å². The van der Waals surface area contributed by atoms with E-state index in [2.05, 4.69) is 19.9 Å². The van der Waals surface area contributed by atoms with E-state index >= 15 is 0 Å². The number of aromatic nitrogens is 4. The number of hydrogen-bond donors (Lipinski definition) is 4. The molecule has 56 heavy (non-hydrogen) atoms. The Morgan fingerprint density at radius 3 is 0.429 bits per heavy atom. The van der Waals surface area contributed by atoms with Crippen molar-refractivity contribution in [2.75, 3.05) is 0 Å². The van der Waals surface area contributed by atoms with Gasteiger partial charge < -0.3 is 41.8 Å². The number of hydrogen-bond acceptors (Lipinski definition) is 20. The van der Waals surface area contributed by atoms with Gasteiger partial charge in [-0.3, -0.25) is 100 Å². The highest BCUT2D eigenvalue weighted by Crippen LogP contribution is 2.10. The molecule has 4 aromatic rings. The average molecular weight is 812 g/mol. The maximum atomic E-state index is 10.9. The van der Waals surface area contributed by atoms with E-state index in [9.17, 15) is 100 Å². The SMILES string of the molecule is O.O.O.O.O=c1c([N+](=O)[O-])c[nH]cc1[N+](=O)[O-].O=c1c([N+](=O)[O-])c[nH]cc1[N+](=O)[O-].O=c1c([N+](=O)[O-])c[nH]cc1[N+](=O)[O-].O=c1c([N+](=O)[O-])c[nH]cc1[N+](=O)[O-]. The maximum absolute atomic E-state index is 10.9. The zero-order chi connectivity index (χ0) is 40.0. The van der Waals surface area contributed by atoms with Gasteiger partial charge in [0.15, 0.2) is 0 Å². The molecule has 0 amide bonds. The Labute approximate surface area is 298 Å². The van der Waals surface area contributed by atoms with Crippen LogP contribution in [0.1, 0.15) is 0 Å². The highest BCUT2D eigenvalue weighted by Gasteiger charge is 2.24. The molecule has 0 aliphatic rings. The summed E-state index contributed by atoms with van der Waals surface area (Å²) in [5.41, 5.74) is -11.5. The largest absolute Gasteiger partial charge is 0.412 e. The van der Waals surface area contributed by atoms with Crippen LogP contribution in [0.4, 0.5) is 45.5 Å². The monoisotopic (exact) mass is 812 g/mol. The highest BCUT2D eigenvalue weighted by molar-refractivity contribution is 5.40. The Kier molecular flexibility index (Phi) is 22.4. The van der Waals surface area contributed by atoms with E-state index in [1.165, 1.54) is 0 Å². The minimum absolute atomic E-state index is 0. The number of nitrogens with zero attached hydrogens (tertiary/aromatic N) is 8. The average Bonchev–Trinajstić information content (AvgIpc) is 3.05. The summed E-state index contributed by atoms with van der Waals surface area (Å²) in [5.74, 6) is 0. The zero-order valence-electron chi connectivity index (χ0n) is 26.4. The minimum atomic E-state index is -1.20. The van der Waals surface area contributed by atoms with Gasteiger partial charge in [-0.2, -0.15) is 0 Å². The lowest BCUT2D eigenvalue weighted by molar-refractivity contribution is -0.397. The number of H-pyrrole nitrogens is 4. The molecule has 0 atom stereocenters. The van der Waals surface area contributed by atoms with Crippen LogP contribution in [0, 0.1) is 80.9 Å². The van der Waals surface area contributed by atoms with Crippen molar-refractivity contribution in [2.45, 2.75) is 0 Å². The van der Waals surface area contributed by atoms with Crippen molar-refractivity contribution in [2.24, 2.45) is 0 Å². The summed E-state index contributed by atoms with van der Waals surface area (Å²) in [6.07, 6.45) is 6.41. The lowest BCUT2D eigenvalue weighted by Crippen LogP contribution is -2.12. The van der Waals surface area contributed by atoms with Gasteiger partial charge in [-0.25, -0.2) is 0 Å². The summed E-state index contributed by atoms with van der Waals surface area (Å²) >= 11 is 0. The van der Waals surface area contributed by atoms with Crippen LogP contribution >= 0.6 is 0 Å². The van der Waals surface area contributed by atoms with Crippen molar-refractivity contribution in [1.82, 2.24) is 19.9 Å². The molecule has 36 nitrogen and oxygen atoms in total. The Bertz CT molecular complexity index is 1880. The second-order valence-corrected chi connectivity index (χ2v) is 8.28. The fourth-order valence-corrected chi connectivity index (χ4v) is 2.93. The van der Waals surface area contributed by atoms with Gasteiger partial charge in [-0.1, -0.05) is 0 Å². The van der Waals surface area contributed by atoms with Gasteiger partial charge in [0.1, 0.15) is 0 Å². The molecule has 36 heteroatoms. The summed E-state index contributed by atoms with van der Waals surface area (Å²) < 4.78 is 0. The van der Waals surface area contributed by atoms with Crippen LogP contribution in [0.5, 0.6) is 0 Å². The fourth-order valence-electron chi connectivity index (χ4n) is 2.93. The first-order valence-electron chi connectivity index (χ1n) is 12.1. The lowest BCUT2D eigenvalue weighted by Gasteiger charge is -1.90. The number of aromatic amines is 4. The third-order valence-electron chi connectivity index (χ3n) is 5.20. The molecule has 0 radical (unpaired) electrons. The summed E-state index contributed by atoms with van der Waals surface area (Å²) in [7, 11) is 0. The summed E-state index contributed by atoms with van der Waals surface area (Å²) in [6.45, 7) is 0. The van der Waals surface area contributed by atoms with E-state index in [1.54, 1.807) is 0 Å². The second-order valence-electron chi connectivity index (χ2n) is 8.28. The molecule has 0 fully saturated rings. The quantitative estimate of drug-likeness (QED) is 0.105. The number of rotatable bonds is 8. The lowest BCUT2D eigenvalue weighted by atomic mass is 10.4. The third-order valence-corrected chi connectivity index (χ3v) is 5.20.